The average molecular weight is 440 g/mol. The molecule has 30 heavy (non-hydrogen) atoms. The molecule has 0 bridgehead atoms. The number of fused-ring (bicyclic) bond motifs is 1. The zero-order valence-electron chi connectivity index (χ0n) is 16.7. The van der Waals surface area contributed by atoms with E-state index < -0.39 is 11.5 Å². The monoisotopic (exact) mass is 439 g/mol. The summed E-state index contributed by atoms with van der Waals surface area (Å²) in [6.07, 6.45) is 5.72. The summed E-state index contributed by atoms with van der Waals surface area (Å²) in [4.78, 5) is 31.4. The molecule has 0 radical (unpaired) electrons. The maximum absolute atomic E-state index is 12.9. The molecule has 154 valence electrons. The molecule has 0 unspecified atom stereocenters. The molecular weight excluding hydrogens is 418 g/mol. The number of hydrogen-bond donors (Lipinski definition) is 1. The number of aromatic nitrogens is 4. The lowest BCUT2D eigenvalue weighted by molar-refractivity contribution is 0.102. The Morgan fingerprint density at radius 1 is 1.13 bits per heavy atom. The van der Waals surface area contributed by atoms with Crippen LogP contribution in [0.2, 0.25) is 0 Å². The first-order chi connectivity index (χ1) is 14.6. The fraction of sp³-hybridized carbons (Fsp3) is 0.286. The van der Waals surface area contributed by atoms with E-state index in [1.807, 2.05) is 30.3 Å². The normalized spacial score (nSPS) is 11.3. The molecule has 1 N–H and O–H groups in total. The Morgan fingerprint density at radius 2 is 1.90 bits per heavy atom. The molecule has 0 fully saturated rings. The van der Waals surface area contributed by atoms with Gasteiger partial charge in [0.15, 0.2) is 4.96 Å². The zero-order valence-corrected chi connectivity index (χ0v) is 18.3. The SMILES string of the molecule is CCC(CC)c1nnc(NC(=O)c2cnc3sc(Cc4ccccc4)cn3c2=O)s1. The number of nitrogens with one attached hydrogen (secondary N) is 1. The maximum Gasteiger partial charge on any atom is 0.271 e. The molecule has 7 nitrogen and oxygen atoms in total. The van der Waals surface area contributed by atoms with Gasteiger partial charge in [-0.25, -0.2) is 4.98 Å². The zero-order chi connectivity index (χ0) is 21.1. The Balaban J connectivity index is 1.56. The molecule has 0 saturated carbocycles. The number of benzene rings is 1. The van der Waals surface area contributed by atoms with Gasteiger partial charge in [0.25, 0.3) is 11.5 Å². The second-order valence-electron chi connectivity index (χ2n) is 6.90. The number of rotatable bonds is 7. The summed E-state index contributed by atoms with van der Waals surface area (Å²) in [6, 6.07) is 10.0. The van der Waals surface area contributed by atoms with Gasteiger partial charge in [0.2, 0.25) is 5.13 Å². The molecule has 0 aliphatic heterocycles. The molecular formula is C21H21N5O2S2. The number of nitrogens with zero attached hydrogens (tertiary/aromatic N) is 4. The third kappa shape index (κ3) is 4.17. The smallest absolute Gasteiger partial charge is 0.271 e. The minimum atomic E-state index is -0.523. The Kier molecular flexibility index (Phi) is 6.01. The largest absolute Gasteiger partial charge is 0.296 e. The third-order valence-electron chi connectivity index (χ3n) is 4.92. The van der Waals surface area contributed by atoms with Gasteiger partial charge >= 0.3 is 0 Å². The van der Waals surface area contributed by atoms with Crippen molar-refractivity contribution in [2.24, 2.45) is 0 Å². The van der Waals surface area contributed by atoms with Crippen LogP contribution in [-0.4, -0.2) is 25.5 Å². The lowest BCUT2D eigenvalue weighted by Gasteiger charge is -2.05. The van der Waals surface area contributed by atoms with Crippen LogP contribution in [0.25, 0.3) is 4.96 Å². The Hall–Kier alpha value is -2.91. The van der Waals surface area contributed by atoms with Crippen LogP contribution in [0.3, 0.4) is 0 Å². The van der Waals surface area contributed by atoms with E-state index >= 15 is 0 Å². The molecule has 1 amide bonds. The van der Waals surface area contributed by atoms with Crippen molar-refractivity contribution in [2.75, 3.05) is 5.32 Å². The summed E-state index contributed by atoms with van der Waals surface area (Å²) in [5, 5.41) is 12.2. The summed E-state index contributed by atoms with van der Waals surface area (Å²) in [6.45, 7) is 4.20. The van der Waals surface area contributed by atoms with E-state index in [2.05, 4.69) is 34.3 Å². The minimum absolute atomic E-state index is 0.0177. The fourth-order valence-corrected chi connectivity index (χ4v) is 5.19. The summed E-state index contributed by atoms with van der Waals surface area (Å²) < 4.78 is 1.44. The highest BCUT2D eigenvalue weighted by Gasteiger charge is 2.19. The highest BCUT2D eigenvalue weighted by molar-refractivity contribution is 7.17. The summed E-state index contributed by atoms with van der Waals surface area (Å²) in [5.74, 6) is -0.199. The highest BCUT2D eigenvalue weighted by atomic mass is 32.1. The van der Waals surface area contributed by atoms with Gasteiger partial charge in [0, 0.05) is 29.6 Å². The molecule has 1 aromatic carbocycles. The van der Waals surface area contributed by atoms with Crippen molar-refractivity contribution in [3.05, 3.63) is 74.1 Å². The second-order valence-corrected chi connectivity index (χ2v) is 9.01. The van der Waals surface area contributed by atoms with Crippen molar-refractivity contribution in [3.8, 4) is 0 Å². The van der Waals surface area contributed by atoms with E-state index in [0.29, 0.717) is 22.4 Å². The lowest BCUT2D eigenvalue weighted by atomic mass is 10.1. The molecule has 4 aromatic rings. The molecule has 0 spiro atoms. The molecule has 0 aliphatic rings. The van der Waals surface area contributed by atoms with Gasteiger partial charge in [-0.1, -0.05) is 55.5 Å². The molecule has 9 heteroatoms. The molecule has 0 atom stereocenters. The molecule has 0 saturated heterocycles. The Bertz CT molecular complexity index is 1230. The average Bonchev–Trinajstić information content (AvgIpc) is 3.37. The van der Waals surface area contributed by atoms with Crippen LogP contribution in [0.15, 0.2) is 47.5 Å². The van der Waals surface area contributed by atoms with E-state index in [9.17, 15) is 9.59 Å². The van der Waals surface area contributed by atoms with Crippen molar-refractivity contribution >= 4 is 38.7 Å². The number of hydrogen-bond acceptors (Lipinski definition) is 7. The molecule has 3 heterocycles. The topological polar surface area (TPSA) is 89.2 Å². The van der Waals surface area contributed by atoms with Gasteiger partial charge in [0.05, 0.1) is 0 Å². The third-order valence-corrected chi connectivity index (χ3v) is 6.91. The van der Waals surface area contributed by atoms with Crippen LogP contribution in [0, 0.1) is 0 Å². The molecule has 3 aromatic heterocycles. The number of anilines is 1. The maximum atomic E-state index is 12.9. The van der Waals surface area contributed by atoms with Crippen molar-refractivity contribution in [3.63, 3.8) is 0 Å². The van der Waals surface area contributed by atoms with Gasteiger partial charge in [-0.05, 0) is 18.4 Å². The van der Waals surface area contributed by atoms with E-state index in [1.165, 1.54) is 33.3 Å². The van der Waals surface area contributed by atoms with Crippen LogP contribution < -0.4 is 10.9 Å². The number of amides is 1. The number of thiazole rings is 1. The van der Waals surface area contributed by atoms with Gasteiger partial charge < -0.3 is 0 Å². The Morgan fingerprint density at radius 3 is 2.63 bits per heavy atom. The lowest BCUT2D eigenvalue weighted by Crippen LogP contribution is -2.25. The number of carbonyl (C=O) groups is 1. The molecule has 0 aliphatic carbocycles. The quantitative estimate of drug-likeness (QED) is 0.462. The van der Waals surface area contributed by atoms with Gasteiger partial charge in [-0.2, -0.15) is 0 Å². The van der Waals surface area contributed by atoms with E-state index in [0.717, 1.165) is 28.3 Å². The van der Waals surface area contributed by atoms with Crippen LogP contribution in [0.4, 0.5) is 5.13 Å². The summed E-state index contributed by atoms with van der Waals surface area (Å²) in [7, 11) is 0. The van der Waals surface area contributed by atoms with E-state index in [-0.39, 0.29) is 5.56 Å². The van der Waals surface area contributed by atoms with E-state index in [1.54, 1.807) is 6.20 Å². The first-order valence-electron chi connectivity index (χ1n) is 9.77. The predicted molar refractivity (Wildman–Crippen MR) is 120 cm³/mol. The van der Waals surface area contributed by atoms with Crippen LogP contribution >= 0.6 is 22.7 Å². The summed E-state index contributed by atoms with van der Waals surface area (Å²) in [5.41, 5.74) is 0.744. The second kappa shape index (κ2) is 8.85. The Labute approximate surface area is 181 Å². The fourth-order valence-electron chi connectivity index (χ4n) is 3.22. The van der Waals surface area contributed by atoms with Crippen molar-refractivity contribution in [2.45, 2.75) is 39.0 Å². The van der Waals surface area contributed by atoms with Crippen LogP contribution in [0.1, 0.15) is 58.4 Å². The number of carbonyl (C=O) groups excluding carboxylic acids is 1. The predicted octanol–water partition coefficient (Wildman–Crippen LogP) is 4.35. The van der Waals surface area contributed by atoms with Gasteiger partial charge in [-0.3, -0.25) is 19.3 Å². The first-order valence-corrected chi connectivity index (χ1v) is 11.4. The van der Waals surface area contributed by atoms with Crippen LogP contribution in [0.5, 0.6) is 0 Å². The standard InChI is InChI=1S/C21H21N5O2S2/c1-3-14(4-2)18-24-25-20(30-18)23-17(27)16-11-22-21-26(19(16)28)12-15(29-21)10-13-8-6-5-7-9-13/h5-9,11-12,14H,3-4,10H2,1-2H3,(H,23,25,27). The van der Waals surface area contributed by atoms with Gasteiger partial charge in [-0.15, -0.1) is 21.5 Å². The van der Waals surface area contributed by atoms with Crippen molar-refractivity contribution in [1.29, 1.82) is 0 Å². The summed E-state index contributed by atoms with van der Waals surface area (Å²) >= 11 is 2.79. The first kappa shape index (κ1) is 20.4. The highest BCUT2D eigenvalue weighted by Crippen LogP contribution is 2.28. The van der Waals surface area contributed by atoms with Crippen molar-refractivity contribution in [1.82, 2.24) is 19.6 Å². The van der Waals surface area contributed by atoms with Crippen molar-refractivity contribution < 1.29 is 4.79 Å². The van der Waals surface area contributed by atoms with Crippen LogP contribution in [-0.2, 0) is 6.42 Å². The van der Waals surface area contributed by atoms with Gasteiger partial charge in [0.1, 0.15) is 10.6 Å². The van der Waals surface area contributed by atoms with E-state index in [4.69, 9.17) is 0 Å². The molecule has 4 rings (SSSR count). The minimum Gasteiger partial charge on any atom is -0.296 e.